The molecule has 0 fully saturated rings. The first kappa shape index (κ1) is 23.0. The number of hydrogen-bond donors (Lipinski definition) is 2. The van der Waals surface area contributed by atoms with Crippen LogP contribution in [0.3, 0.4) is 0 Å². The number of ketones is 1. The molecule has 4 rings (SSSR count). The molecule has 8 heteroatoms. The van der Waals surface area contributed by atoms with Gasteiger partial charge in [0.15, 0.2) is 28.8 Å². The molecule has 7 nitrogen and oxygen atoms in total. The number of rotatable bonds is 6. The molecular formula is C25H26ClNO6. The van der Waals surface area contributed by atoms with Gasteiger partial charge in [0, 0.05) is 30.0 Å². The number of carbonyl (C=O) groups excluding carboxylic acids is 2. The summed E-state index contributed by atoms with van der Waals surface area (Å²) in [5, 5.41) is 13.2. The summed E-state index contributed by atoms with van der Waals surface area (Å²) in [6.07, 6.45) is 0.950. The van der Waals surface area contributed by atoms with Gasteiger partial charge in [-0.1, -0.05) is 17.7 Å². The Morgan fingerprint density at radius 2 is 1.73 bits per heavy atom. The van der Waals surface area contributed by atoms with E-state index in [1.54, 1.807) is 33.3 Å². The van der Waals surface area contributed by atoms with Gasteiger partial charge in [-0.2, -0.15) is 0 Å². The first-order valence-electron chi connectivity index (χ1n) is 10.8. The Morgan fingerprint density at radius 3 is 2.42 bits per heavy atom. The zero-order valence-electron chi connectivity index (χ0n) is 18.7. The smallest absolute Gasteiger partial charge is 0.225 e. The first-order chi connectivity index (χ1) is 15.9. The van der Waals surface area contributed by atoms with Gasteiger partial charge in [-0.25, -0.2) is 0 Å². The molecule has 0 bridgehead atoms. The fourth-order valence-corrected chi connectivity index (χ4v) is 4.87. The van der Waals surface area contributed by atoms with Gasteiger partial charge < -0.3 is 24.6 Å². The predicted octanol–water partition coefficient (Wildman–Crippen LogP) is 4.47. The van der Waals surface area contributed by atoms with E-state index < -0.39 is 5.92 Å². The lowest BCUT2D eigenvalue weighted by molar-refractivity contribution is -0.122. The van der Waals surface area contributed by atoms with Gasteiger partial charge in [0.1, 0.15) is 0 Å². The van der Waals surface area contributed by atoms with Crippen molar-refractivity contribution in [1.29, 1.82) is 0 Å². The third-order valence-corrected chi connectivity index (χ3v) is 6.46. The number of amides is 1. The molecule has 1 aliphatic carbocycles. The zero-order chi connectivity index (χ0) is 23.7. The number of aromatic hydroxyl groups is 1. The summed E-state index contributed by atoms with van der Waals surface area (Å²) < 4.78 is 16.2. The Bertz CT molecular complexity index is 1140. The van der Waals surface area contributed by atoms with Gasteiger partial charge >= 0.3 is 0 Å². The van der Waals surface area contributed by atoms with Gasteiger partial charge in [-0.05, 0) is 54.7 Å². The number of hydrogen-bond acceptors (Lipinski definition) is 6. The van der Waals surface area contributed by atoms with Crippen LogP contribution in [-0.2, 0) is 9.59 Å². The average Bonchev–Trinajstić information content (AvgIpc) is 2.80. The third-order valence-electron chi connectivity index (χ3n) is 6.17. The third kappa shape index (κ3) is 4.37. The van der Waals surface area contributed by atoms with E-state index in [2.05, 4.69) is 5.32 Å². The number of allylic oxidation sites excluding steroid dienone is 2. The molecule has 0 saturated carbocycles. The summed E-state index contributed by atoms with van der Waals surface area (Å²) in [6.45, 7) is 2.14. The summed E-state index contributed by atoms with van der Waals surface area (Å²) >= 11 is 6.22. The molecule has 1 heterocycles. The number of phenolic OH excluding ortho intramolecular Hbond substituents is 1. The largest absolute Gasteiger partial charge is 0.503 e. The van der Waals surface area contributed by atoms with Gasteiger partial charge in [0.25, 0.3) is 0 Å². The van der Waals surface area contributed by atoms with Crippen LogP contribution in [0.25, 0.3) is 0 Å². The van der Waals surface area contributed by atoms with Crippen molar-refractivity contribution in [3.8, 4) is 23.0 Å². The highest BCUT2D eigenvalue weighted by atomic mass is 35.5. The van der Waals surface area contributed by atoms with Gasteiger partial charge in [-0.15, -0.1) is 0 Å². The van der Waals surface area contributed by atoms with Crippen molar-refractivity contribution in [2.75, 3.05) is 20.8 Å². The van der Waals surface area contributed by atoms with Crippen molar-refractivity contribution >= 4 is 23.3 Å². The van der Waals surface area contributed by atoms with Crippen LogP contribution in [0.2, 0.25) is 5.02 Å². The molecule has 174 valence electrons. The van der Waals surface area contributed by atoms with E-state index in [4.69, 9.17) is 25.8 Å². The van der Waals surface area contributed by atoms with Crippen LogP contribution in [0, 0.1) is 0 Å². The zero-order valence-corrected chi connectivity index (χ0v) is 19.5. The second kappa shape index (κ2) is 9.35. The highest BCUT2D eigenvalue weighted by Gasteiger charge is 2.38. The molecule has 0 radical (unpaired) electrons. The van der Waals surface area contributed by atoms with E-state index in [0.717, 1.165) is 5.56 Å². The molecule has 0 aromatic heterocycles. The molecule has 1 aliphatic heterocycles. The van der Waals surface area contributed by atoms with Gasteiger partial charge in [0.05, 0.1) is 25.8 Å². The van der Waals surface area contributed by atoms with Crippen molar-refractivity contribution < 1.29 is 28.9 Å². The normalized spacial score (nSPS) is 20.2. The maximum atomic E-state index is 13.4. The molecule has 2 aromatic rings. The van der Waals surface area contributed by atoms with Crippen molar-refractivity contribution in [3.63, 3.8) is 0 Å². The lowest BCUT2D eigenvalue weighted by Crippen LogP contribution is -2.38. The van der Waals surface area contributed by atoms with E-state index in [-0.39, 0.29) is 40.6 Å². The molecule has 2 atom stereocenters. The van der Waals surface area contributed by atoms with Gasteiger partial charge in [0.2, 0.25) is 5.91 Å². The SMILES string of the molecule is CCOc1cc([C@@H]2CC(=O)NC3=C2C(=O)C[C@H](c2ccc(OC)c(OC)c2)C3)cc(Cl)c1O. The van der Waals surface area contributed by atoms with Gasteiger partial charge in [-0.3, -0.25) is 9.59 Å². The second-order valence-electron chi connectivity index (χ2n) is 8.12. The number of carbonyl (C=O) groups is 2. The summed E-state index contributed by atoms with van der Waals surface area (Å²) in [5.41, 5.74) is 2.83. The van der Waals surface area contributed by atoms with Crippen LogP contribution >= 0.6 is 11.6 Å². The highest BCUT2D eigenvalue weighted by Crippen LogP contribution is 2.46. The standard InChI is InChI=1S/C25H26ClNO6/c1-4-33-22-11-15(7-17(26)25(22)30)16-12-23(29)27-18-8-14(9-19(28)24(16)18)13-5-6-20(31-2)21(10-13)32-3/h5-7,10-11,14,16,30H,4,8-9,12H2,1-3H3,(H,27,29)/t14-,16+/m1/s1. The summed E-state index contributed by atoms with van der Waals surface area (Å²) in [7, 11) is 3.14. The van der Waals surface area contributed by atoms with Crippen LogP contribution in [0.4, 0.5) is 0 Å². The molecule has 2 aromatic carbocycles. The molecule has 33 heavy (non-hydrogen) atoms. The second-order valence-corrected chi connectivity index (χ2v) is 8.53. The minimum absolute atomic E-state index is 0.0248. The molecule has 2 aliphatic rings. The minimum atomic E-state index is -0.454. The molecule has 0 unspecified atom stereocenters. The van der Waals surface area contributed by atoms with Crippen LogP contribution in [0.1, 0.15) is 49.1 Å². The predicted molar refractivity (Wildman–Crippen MR) is 123 cm³/mol. The van der Waals surface area contributed by atoms with E-state index in [9.17, 15) is 14.7 Å². The highest BCUT2D eigenvalue weighted by molar-refractivity contribution is 6.32. The molecule has 1 amide bonds. The number of benzene rings is 2. The number of halogens is 1. The van der Waals surface area contributed by atoms with Crippen LogP contribution in [-0.4, -0.2) is 37.6 Å². The van der Waals surface area contributed by atoms with Crippen molar-refractivity contribution in [1.82, 2.24) is 5.32 Å². The first-order valence-corrected chi connectivity index (χ1v) is 11.2. The number of Topliss-reactive ketones (excluding diaryl/α,β-unsaturated/α-hetero) is 1. The van der Waals surface area contributed by atoms with Crippen LogP contribution in [0.15, 0.2) is 41.6 Å². The number of ether oxygens (including phenoxy) is 3. The summed E-state index contributed by atoms with van der Waals surface area (Å²) in [4.78, 5) is 26.0. The minimum Gasteiger partial charge on any atom is -0.503 e. The fraction of sp³-hybridized carbons (Fsp3) is 0.360. The average molecular weight is 472 g/mol. The van der Waals surface area contributed by atoms with Crippen molar-refractivity contribution in [2.45, 2.75) is 38.0 Å². The van der Waals surface area contributed by atoms with Crippen LogP contribution < -0.4 is 19.5 Å². The molecule has 2 N–H and O–H groups in total. The molecular weight excluding hydrogens is 446 g/mol. The van der Waals surface area contributed by atoms with Crippen LogP contribution in [0.5, 0.6) is 23.0 Å². The Kier molecular flexibility index (Phi) is 6.51. The number of nitrogens with one attached hydrogen (secondary N) is 1. The maximum absolute atomic E-state index is 13.4. The number of phenols is 1. The lowest BCUT2D eigenvalue weighted by Gasteiger charge is -2.34. The van der Waals surface area contributed by atoms with E-state index in [1.165, 1.54) is 0 Å². The van der Waals surface area contributed by atoms with Crippen molar-refractivity contribution in [3.05, 3.63) is 57.8 Å². The van der Waals surface area contributed by atoms with E-state index in [1.807, 2.05) is 18.2 Å². The monoisotopic (exact) mass is 471 g/mol. The van der Waals surface area contributed by atoms with E-state index >= 15 is 0 Å². The number of methoxy groups -OCH3 is 2. The Balaban J connectivity index is 1.71. The molecule has 0 saturated heterocycles. The maximum Gasteiger partial charge on any atom is 0.225 e. The van der Waals surface area contributed by atoms with Crippen molar-refractivity contribution in [2.24, 2.45) is 0 Å². The fourth-order valence-electron chi connectivity index (χ4n) is 4.65. The Morgan fingerprint density at radius 1 is 1.00 bits per heavy atom. The Hall–Kier alpha value is -3.19. The summed E-state index contributed by atoms with van der Waals surface area (Å²) in [5.74, 6) is 0.547. The quantitative estimate of drug-likeness (QED) is 0.645. The van der Waals surface area contributed by atoms with E-state index in [0.29, 0.717) is 47.8 Å². The lowest BCUT2D eigenvalue weighted by atomic mass is 9.73. The Labute approximate surface area is 197 Å². The summed E-state index contributed by atoms with van der Waals surface area (Å²) in [6, 6.07) is 8.87. The topological polar surface area (TPSA) is 94.1 Å². The molecule has 0 spiro atoms.